The van der Waals surface area contributed by atoms with Crippen LogP contribution in [0.2, 0.25) is 0 Å². The zero-order chi connectivity index (χ0) is 29.3. The Morgan fingerprint density at radius 1 is 0.442 bits per heavy atom. The van der Waals surface area contributed by atoms with Crippen LogP contribution in [0.3, 0.4) is 0 Å². The summed E-state index contributed by atoms with van der Waals surface area (Å²) in [5.41, 5.74) is 8.14. The lowest BCUT2D eigenvalue weighted by Gasteiger charge is -2.48. The minimum atomic E-state index is -0.101. The van der Waals surface area contributed by atoms with Crippen LogP contribution in [0.25, 0.3) is 65.5 Å². The Morgan fingerprint density at radius 3 is 1.79 bits per heavy atom. The molecule has 2 aromatic heterocycles. The van der Waals surface area contributed by atoms with Crippen molar-refractivity contribution in [1.82, 2.24) is 15.0 Å². The maximum absolute atomic E-state index is 5.13. The molecule has 0 unspecified atom stereocenters. The molecule has 0 N–H and O–H groups in total. The molecule has 2 heterocycles. The third kappa shape index (κ3) is 3.97. The van der Waals surface area contributed by atoms with Gasteiger partial charge in [0.25, 0.3) is 0 Å². The van der Waals surface area contributed by atoms with Gasteiger partial charge >= 0.3 is 0 Å². The summed E-state index contributed by atoms with van der Waals surface area (Å²) in [6.07, 6.45) is 0. The summed E-state index contributed by atoms with van der Waals surface area (Å²) in [4.78, 5) is 15.2. The van der Waals surface area contributed by atoms with Gasteiger partial charge in [0.1, 0.15) is 0 Å². The molecule has 0 radical (unpaired) electrons. The fraction of sp³-hybridized carbons (Fsp3) is 0.154. The Labute approximate surface area is 256 Å². The molecule has 0 saturated carbocycles. The Hall–Kier alpha value is -4.67. The van der Waals surface area contributed by atoms with Crippen molar-refractivity contribution in [1.29, 1.82) is 0 Å². The van der Waals surface area contributed by atoms with E-state index in [1.54, 1.807) is 0 Å². The second-order valence-electron chi connectivity index (χ2n) is 12.5. The SMILES string of the molecule is CC1(C)c2ccccc2-c2ccc(-c3nc(-c4ccccc4)nc(-c4ccc5sc6ccccc6c5c4)n3)cc2C1(C)C. The number of hydrogen-bond donors (Lipinski definition) is 0. The van der Waals surface area contributed by atoms with E-state index in [1.165, 1.54) is 42.4 Å². The van der Waals surface area contributed by atoms with E-state index in [0.29, 0.717) is 17.5 Å². The molecule has 1 aliphatic carbocycles. The fourth-order valence-electron chi connectivity index (χ4n) is 6.59. The summed E-state index contributed by atoms with van der Waals surface area (Å²) in [5, 5.41) is 2.50. The molecule has 43 heavy (non-hydrogen) atoms. The van der Waals surface area contributed by atoms with Crippen molar-refractivity contribution in [3.05, 3.63) is 126 Å². The third-order valence-electron chi connectivity index (χ3n) is 9.71. The highest BCUT2D eigenvalue weighted by molar-refractivity contribution is 7.25. The average Bonchev–Trinajstić information content (AvgIpc) is 3.42. The van der Waals surface area contributed by atoms with Crippen molar-refractivity contribution >= 4 is 31.5 Å². The lowest BCUT2D eigenvalue weighted by molar-refractivity contribution is 0.299. The van der Waals surface area contributed by atoms with Gasteiger partial charge in [-0.05, 0) is 63.4 Å². The molecule has 0 spiro atoms. The summed E-state index contributed by atoms with van der Waals surface area (Å²) in [7, 11) is 0. The Balaban J connectivity index is 1.34. The molecule has 1 aliphatic rings. The number of rotatable bonds is 3. The standard InChI is InChI=1S/C39H31N3S/c1-38(2)31-16-10-8-14-27(31)28-20-18-26(23-32(28)39(38,3)4)37-41-35(24-12-6-5-7-13-24)40-36(42-37)25-19-21-34-30(22-25)29-15-9-11-17-33(29)43-34/h5-23H,1-4H3. The normalized spacial score (nSPS) is 14.9. The minimum absolute atomic E-state index is 0.0482. The topological polar surface area (TPSA) is 38.7 Å². The first-order chi connectivity index (χ1) is 20.8. The maximum atomic E-state index is 5.13. The summed E-state index contributed by atoms with van der Waals surface area (Å²) < 4.78 is 2.56. The first-order valence-corrected chi connectivity index (χ1v) is 15.6. The number of hydrogen-bond acceptors (Lipinski definition) is 4. The number of thiophene rings is 1. The monoisotopic (exact) mass is 573 g/mol. The van der Waals surface area contributed by atoms with Crippen LogP contribution in [-0.2, 0) is 10.8 Å². The van der Waals surface area contributed by atoms with Gasteiger partial charge in [-0.25, -0.2) is 15.0 Å². The fourth-order valence-corrected chi connectivity index (χ4v) is 7.67. The molecule has 0 fully saturated rings. The van der Waals surface area contributed by atoms with E-state index in [-0.39, 0.29) is 10.8 Å². The van der Waals surface area contributed by atoms with E-state index >= 15 is 0 Å². The van der Waals surface area contributed by atoms with Crippen molar-refractivity contribution in [2.24, 2.45) is 0 Å². The van der Waals surface area contributed by atoms with Gasteiger partial charge in [-0.3, -0.25) is 0 Å². The second-order valence-corrected chi connectivity index (χ2v) is 13.6. The van der Waals surface area contributed by atoms with Crippen LogP contribution in [0.4, 0.5) is 0 Å². The van der Waals surface area contributed by atoms with Crippen molar-refractivity contribution in [2.75, 3.05) is 0 Å². The minimum Gasteiger partial charge on any atom is -0.208 e. The molecule has 208 valence electrons. The molecular weight excluding hydrogens is 543 g/mol. The molecule has 0 bridgehead atoms. The molecule has 0 atom stereocenters. The molecule has 4 heteroatoms. The van der Waals surface area contributed by atoms with Gasteiger partial charge < -0.3 is 0 Å². The molecule has 8 rings (SSSR count). The first kappa shape index (κ1) is 26.0. The Morgan fingerprint density at radius 2 is 1.00 bits per heavy atom. The van der Waals surface area contributed by atoms with Crippen LogP contribution in [0, 0.1) is 0 Å². The lowest BCUT2D eigenvalue weighted by atomic mass is 9.55. The van der Waals surface area contributed by atoms with Gasteiger partial charge in [0.05, 0.1) is 0 Å². The second kappa shape index (κ2) is 9.42. The van der Waals surface area contributed by atoms with Gasteiger partial charge in [0.2, 0.25) is 0 Å². The van der Waals surface area contributed by atoms with Crippen LogP contribution >= 0.6 is 11.3 Å². The smallest absolute Gasteiger partial charge is 0.164 e. The highest BCUT2D eigenvalue weighted by Crippen LogP contribution is 2.54. The highest BCUT2D eigenvalue weighted by Gasteiger charge is 2.45. The molecule has 0 amide bonds. The molecule has 0 saturated heterocycles. The quantitative estimate of drug-likeness (QED) is 0.211. The average molecular weight is 574 g/mol. The number of fused-ring (bicyclic) bond motifs is 6. The van der Waals surface area contributed by atoms with Gasteiger partial charge in [0.15, 0.2) is 17.5 Å². The van der Waals surface area contributed by atoms with E-state index < -0.39 is 0 Å². The van der Waals surface area contributed by atoms with E-state index in [0.717, 1.165) is 16.7 Å². The summed E-state index contributed by atoms with van der Waals surface area (Å²) in [5.74, 6) is 2.05. The molecule has 7 aromatic rings. The van der Waals surface area contributed by atoms with E-state index in [1.807, 2.05) is 29.5 Å². The first-order valence-electron chi connectivity index (χ1n) is 14.8. The van der Waals surface area contributed by atoms with Crippen molar-refractivity contribution in [3.8, 4) is 45.3 Å². The van der Waals surface area contributed by atoms with Crippen LogP contribution in [0.5, 0.6) is 0 Å². The lowest BCUT2D eigenvalue weighted by Crippen LogP contribution is -2.43. The predicted octanol–water partition coefficient (Wildman–Crippen LogP) is 10.5. The molecule has 5 aromatic carbocycles. The summed E-state index contributed by atoms with van der Waals surface area (Å²) in [6.45, 7) is 9.45. The number of nitrogens with zero attached hydrogens (tertiary/aromatic N) is 3. The van der Waals surface area contributed by atoms with E-state index in [2.05, 4.69) is 125 Å². The Kier molecular flexibility index (Phi) is 5.69. The molecule has 3 nitrogen and oxygen atoms in total. The van der Waals surface area contributed by atoms with Gasteiger partial charge in [0, 0.05) is 36.9 Å². The van der Waals surface area contributed by atoms with Crippen molar-refractivity contribution in [2.45, 2.75) is 38.5 Å². The van der Waals surface area contributed by atoms with Crippen molar-refractivity contribution in [3.63, 3.8) is 0 Å². The maximum Gasteiger partial charge on any atom is 0.164 e. The third-order valence-corrected chi connectivity index (χ3v) is 10.9. The van der Waals surface area contributed by atoms with E-state index in [4.69, 9.17) is 15.0 Å². The summed E-state index contributed by atoms with van der Waals surface area (Å²) >= 11 is 1.82. The van der Waals surface area contributed by atoms with Crippen LogP contribution in [0.1, 0.15) is 38.8 Å². The van der Waals surface area contributed by atoms with Gasteiger partial charge in [-0.1, -0.05) is 113 Å². The van der Waals surface area contributed by atoms with Crippen LogP contribution in [-0.4, -0.2) is 15.0 Å². The largest absolute Gasteiger partial charge is 0.208 e. The molecule has 0 aliphatic heterocycles. The zero-order valence-corrected chi connectivity index (χ0v) is 25.5. The highest BCUT2D eigenvalue weighted by atomic mass is 32.1. The summed E-state index contributed by atoms with van der Waals surface area (Å²) in [6, 6.07) is 40.9. The van der Waals surface area contributed by atoms with Crippen LogP contribution < -0.4 is 0 Å². The molecular formula is C39H31N3S. The van der Waals surface area contributed by atoms with Crippen molar-refractivity contribution < 1.29 is 0 Å². The van der Waals surface area contributed by atoms with Crippen LogP contribution in [0.15, 0.2) is 115 Å². The van der Waals surface area contributed by atoms with Gasteiger partial charge in [-0.2, -0.15) is 0 Å². The predicted molar refractivity (Wildman–Crippen MR) is 181 cm³/mol. The Bertz CT molecular complexity index is 2190. The number of benzene rings is 5. The number of aromatic nitrogens is 3. The van der Waals surface area contributed by atoms with Gasteiger partial charge in [-0.15, -0.1) is 11.3 Å². The zero-order valence-electron chi connectivity index (χ0n) is 24.7. The van der Waals surface area contributed by atoms with E-state index in [9.17, 15) is 0 Å².